The van der Waals surface area contributed by atoms with Crippen LogP contribution in [0, 0.1) is 5.92 Å². The highest BCUT2D eigenvalue weighted by atomic mass is 16.5. The number of anilines is 1. The Labute approximate surface area is 155 Å². The van der Waals surface area contributed by atoms with Crippen LogP contribution in [0.1, 0.15) is 32.1 Å². The molecule has 2 heterocycles. The summed E-state index contributed by atoms with van der Waals surface area (Å²) in [5, 5.41) is 2.93. The van der Waals surface area contributed by atoms with Gasteiger partial charge in [-0.15, -0.1) is 0 Å². The summed E-state index contributed by atoms with van der Waals surface area (Å²) in [5.41, 5.74) is 0.712. The summed E-state index contributed by atoms with van der Waals surface area (Å²) in [6.07, 6.45) is 4.49. The van der Waals surface area contributed by atoms with Gasteiger partial charge < -0.3 is 19.9 Å². The number of nitrogens with one attached hydrogen (secondary N) is 1. The maximum Gasteiger partial charge on any atom is 0.225 e. The van der Waals surface area contributed by atoms with Gasteiger partial charge in [-0.25, -0.2) is 0 Å². The molecule has 2 aliphatic rings. The van der Waals surface area contributed by atoms with E-state index in [9.17, 15) is 9.59 Å². The fourth-order valence-electron chi connectivity index (χ4n) is 3.93. The lowest BCUT2D eigenvalue weighted by molar-refractivity contribution is -0.128. The number of hydrogen-bond acceptors (Lipinski definition) is 4. The third-order valence-electron chi connectivity index (χ3n) is 5.29. The number of hydrogen-bond donors (Lipinski definition) is 1. The van der Waals surface area contributed by atoms with Gasteiger partial charge in [0, 0.05) is 39.0 Å². The van der Waals surface area contributed by atoms with Gasteiger partial charge in [-0.3, -0.25) is 9.59 Å². The van der Waals surface area contributed by atoms with Crippen molar-refractivity contribution in [1.82, 2.24) is 9.80 Å². The van der Waals surface area contributed by atoms with Crippen molar-refractivity contribution >= 4 is 17.5 Å². The fourth-order valence-corrected chi connectivity index (χ4v) is 3.93. The van der Waals surface area contributed by atoms with Crippen LogP contribution in [-0.2, 0) is 9.59 Å². The summed E-state index contributed by atoms with van der Waals surface area (Å²) in [5.74, 6) is 1.52. The third-order valence-corrected chi connectivity index (χ3v) is 5.29. The van der Waals surface area contributed by atoms with Crippen molar-refractivity contribution < 1.29 is 14.3 Å². The van der Waals surface area contributed by atoms with E-state index in [4.69, 9.17) is 4.74 Å². The number of amides is 2. The monoisotopic (exact) mass is 359 g/mol. The Balaban J connectivity index is 1.43. The quantitative estimate of drug-likeness (QED) is 0.812. The number of piperidine rings is 1. The van der Waals surface area contributed by atoms with Gasteiger partial charge in [0.1, 0.15) is 5.75 Å². The van der Waals surface area contributed by atoms with Crippen LogP contribution < -0.4 is 10.1 Å². The van der Waals surface area contributed by atoms with Gasteiger partial charge in [0.05, 0.1) is 12.8 Å². The largest absolute Gasteiger partial charge is 0.495 e. The minimum absolute atomic E-state index is 0.00587. The smallest absolute Gasteiger partial charge is 0.225 e. The van der Waals surface area contributed by atoms with Crippen LogP contribution >= 0.6 is 0 Å². The second kappa shape index (κ2) is 9.03. The Morgan fingerprint density at radius 2 is 2.12 bits per heavy atom. The van der Waals surface area contributed by atoms with Crippen LogP contribution in [0.2, 0.25) is 0 Å². The number of methoxy groups -OCH3 is 1. The highest BCUT2D eigenvalue weighted by molar-refractivity contribution is 5.92. The molecule has 0 spiro atoms. The Bertz CT molecular complexity index is 634. The molecular weight excluding hydrogens is 330 g/mol. The minimum atomic E-state index is 0.00587. The maximum atomic E-state index is 12.3. The number of benzene rings is 1. The van der Waals surface area contributed by atoms with Crippen LogP contribution in [0.5, 0.6) is 5.75 Å². The van der Waals surface area contributed by atoms with E-state index in [0.29, 0.717) is 36.1 Å². The summed E-state index contributed by atoms with van der Waals surface area (Å²) in [6, 6.07) is 7.45. The normalized spacial score (nSPS) is 21.0. The summed E-state index contributed by atoms with van der Waals surface area (Å²) in [4.78, 5) is 28.5. The lowest BCUT2D eigenvalue weighted by Crippen LogP contribution is -2.42. The van der Waals surface area contributed by atoms with E-state index in [-0.39, 0.29) is 5.91 Å². The zero-order chi connectivity index (χ0) is 18.4. The summed E-state index contributed by atoms with van der Waals surface area (Å²) >= 11 is 0. The van der Waals surface area contributed by atoms with Crippen molar-refractivity contribution in [2.45, 2.75) is 32.1 Å². The van der Waals surface area contributed by atoms with Gasteiger partial charge in [-0.1, -0.05) is 12.1 Å². The molecule has 2 amide bonds. The molecule has 2 fully saturated rings. The fraction of sp³-hybridized carbons (Fsp3) is 0.600. The zero-order valence-corrected chi connectivity index (χ0v) is 15.6. The molecular formula is C20H29N3O3. The average molecular weight is 359 g/mol. The number of carbonyl (C=O) groups is 2. The summed E-state index contributed by atoms with van der Waals surface area (Å²) < 4.78 is 5.27. The first-order chi connectivity index (χ1) is 12.7. The van der Waals surface area contributed by atoms with E-state index >= 15 is 0 Å². The van der Waals surface area contributed by atoms with E-state index in [1.165, 1.54) is 6.42 Å². The molecule has 26 heavy (non-hydrogen) atoms. The molecule has 0 bridgehead atoms. The van der Waals surface area contributed by atoms with E-state index < -0.39 is 0 Å². The van der Waals surface area contributed by atoms with Crippen molar-refractivity contribution in [3.8, 4) is 5.75 Å². The Morgan fingerprint density at radius 3 is 2.88 bits per heavy atom. The van der Waals surface area contributed by atoms with E-state index in [1.807, 2.05) is 29.2 Å². The topological polar surface area (TPSA) is 61.9 Å². The molecule has 1 aromatic rings. The Kier molecular flexibility index (Phi) is 6.50. The van der Waals surface area contributed by atoms with Crippen molar-refractivity contribution in [1.29, 1.82) is 0 Å². The molecule has 6 nitrogen and oxygen atoms in total. The van der Waals surface area contributed by atoms with E-state index in [2.05, 4.69) is 10.2 Å². The molecule has 1 N–H and O–H groups in total. The van der Waals surface area contributed by atoms with Crippen LogP contribution in [-0.4, -0.2) is 61.4 Å². The first kappa shape index (κ1) is 18.7. The van der Waals surface area contributed by atoms with Crippen molar-refractivity contribution in [3.63, 3.8) is 0 Å². The highest BCUT2D eigenvalue weighted by Gasteiger charge is 2.26. The zero-order valence-electron chi connectivity index (χ0n) is 15.6. The van der Waals surface area contributed by atoms with Crippen LogP contribution in [0.3, 0.4) is 0 Å². The average Bonchev–Trinajstić information content (AvgIpc) is 3.05. The number of nitrogens with zero attached hydrogens (tertiary/aromatic N) is 2. The standard InChI is InChI=1S/C20H29N3O3/c1-26-18-8-3-2-7-17(18)21-19(24)10-13-22-11-4-6-16(14-22)15-23-12-5-9-20(23)25/h2-3,7-8,16H,4-6,9-15H2,1H3,(H,21,24). The van der Waals surface area contributed by atoms with Gasteiger partial charge in [0.15, 0.2) is 0 Å². The molecule has 0 radical (unpaired) electrons. The Morgan fingerprint density at radius 1 is 1.27 bits per heavy atom. The minimum Gasteiger partial charge on any atom is -0.495 e. The van der Waals surface area contributed by atoms with Crippen LogP contribution in [0.4, 0.5) is 5.69 Å². The molecule has 0 aromatic heterocycles. The molecule has 0 aliphatic carbocycles. The van der Waals surface area contributed by atoms with Gasteiger partial charge in [0.25, 0.3) is 0 Å². The first-order valence-electron chi connectivity index (χ1n) is 9.58. The SMILES string of the molecule is COc1ccccc1NC(=O)CCN1CCCC(CN2CCCC2=O)C1. The molecule has 142 valence electrons. The van der Waals surface area contributed by atoms with E-state index in [1.54, 1.807) is 7.11 Å². The molecule has 2 aliphatic heterocycles. The number of para-hydroxylation sites is 2. The number of carbonyl (C=O) groups excluding carboxylic acids is 2. The van der Waals surface area contributed by atoms with E-state index in [0.717, 1.165) is 45.6 Å². The summed E-state index contributed by atoms with van der Waals surface area (Å²) in [6.45, 7) is 4.56. The molecule has 1 atom stereocenters. The maximum absolute atomic E-state index is 12.3. The molecule has 1 unspecified atom stereocenters. The van der Waals surface area contributed by atoms with Gasteiger partial charge in [-0.05, 0) is 43.9 Å². The third kappa shape index (κ3) is 4.97. The highest BCUT2D eigenvalue weighted by Crippen LogP contribution is 2.24. The molecule has 6 heteroatoms. The molecule has 1 aromatic carbocycles. The lowest BCUT2D eigenvalue weighted by atomic mass is 9.97. The number of ether oxygens (including phenoxy) is 1. The summed E-state index contributed by atoms with van der Waals surface area (Å²) in [7, 11) is 1.60. The van der Waals surface area contributed by atoms with Gasteiger partial charge in [-0.2, -0.15) is 0 Å². The van der Waals surface area contributed by atoms with Crippen molar-refractivity contribution in [2.24, 2.45) is 5.92 Å². The second-order valence-electron chi connectivity index (χ2n) is 7.25. The van der Waals surface area contributed by atoms with Crippen molar-refractivity contribution in [2.75, 3.05) is 45.2 Å². The van der Waals surface area contributed by atoms with Crippen molar-refractivity contribution in [3.05, 3.63) is 24.3 Å². The molecule has 0 saturated carbocycles. The Hall–Kier alpha value is -2.08. The predicted molar refractivity (Wildman–Crippen MR) is 101 cm³/mol. The molecule has 3 rings (SSSR count). The first-order valence-corrected chi connectivity index (χ1v) is 9.58. The van der Waals surface area contributed by atoms with Crippen LogP contribution in [0.15, 0.2) is 24.3 Å². The lowest BCUT2D eigenvalue weighted by Gasteiger charge is -2.34. The van der Waals surface area contributed by atoms with Gasteiger partial charge >= 0.3 is 0 Å². The second-order valence-corrected chi connectivity index (χ2v) is 7.25. The number of likely N-dealkylation sites (tertiary alicyclic amines) is 2. The molecule has 2 saturated heterocycles. The number of rotatable bonds is 7. The van der Waals surface area contributed by atoms with Crippen LogP contribution in [0.25, 0.3) is 0 Å². The predicted octanol–water partition coefficient (Wildman–Crippen LogP) is 2.36. The van der Waals surface area contributed by atoms with Gasteiger partial charge in [0.2, 0.25) is 11.8 Å².